The minimum Gasteiger partial charge on any atom is -0.810 e. The zero-order chi connectivity index (χ0) is 44.2. The average molecular weight is 1200 g/mol. The van der Waals surface area contributed by atoms with Gasteiger partial charge in [-0.05, 0) is 0 Å². The largest absolute Gasteiger partial charge is 1.00 e. The number of hydrogen-bond acceptors (Lipinski definition) is 30. The van der Waals surface area contributed by atoms with Crippen LogP contribution in [-0.2, 0) is 36.5 Å². The van der Waals surface area contributed by atoms with Crippen LogP contribution in [0.15, 0.2) is 0 Å². The number of hydrogen-bond donors (Lipinski definition) is 0. The van der Waals surface area contributed by atoms with Crippen molar-refractivity contribution in [3.63, 3.8) is 0 Å². The average Bonchev–Trinajstić information content (AvgIpc) is 2.87. The van der Waals surface area contributed by atoms with Gasteiger partial charge in [0.15, 0.2) is 0 Å². The standard InChI is InChI=1S/C18H52N6O24P8.10Na/c25-49(26,27)11-19(3-5-21(13-51(31,32)33)7-9-23(15-53(37,38)39)16-54(40,41)42)1-2-20(12-50(28,29)30)4-6-22(14-52(34,35)36)8-10-24(17-55(43,44)45)18-56(46,47)48;;;;;;;;;;/h1-18H2,(H2,25,26,27)(H2,28,29,30)(H2,31,32,33)(H2,34,35,36)(H2,37,38,39)(H2,40,41,42)(H2,43,44,45)(H2,46,47,48);;;;;;;;;;/q;10*+1/p-10. The van der Waals surface area contributed by atoms with Crippen molar-refractivity contribution in [3.05, 3.63) is 0 Å². The first kappa shape index (κ1) is 102. The minimum atomic E-state index is -5.52. The minimum absolute atomic E-state index is 0. The molecule has 0 unspecified atom stereocenters. The number of nitrogens with zero attached hydrogens (tertiary/aromatic N) is 6. The Kier molecular flexibility index (Phi) is 73.2. The first-order valence-electron chi connectivity index (χ1n) is 15.1. The summed E-state index contributed by atoms with van der Waals surface area (Å²) in [6, 6.07) is 0. The Morgan fingerprint density at radius 1 is 0.197 bits per heavy atom. The molecular formula is C18H42N6Na10O24P8. The molecule has 338 valence electrons. The van der Waals surface area contributed by atoms with Gasteiger partial charge in [-0.2, -0.15) is 0 Å². The third kappa shape index (κ3) is 71.1. The summed E-state index contributed by atoms with van der Waals surface area (Å²) >= 11 is 0. The molecule has 0 heterocycles. The molecule has 0 fully saturated rings. The second kappa shape index (κ2) is 47.3. The zero-order valence-electron chi connectivity index (χ0n) is 44.8. The summed E-state index contributed by atoms with van der Waals surface area (Å²) in [5.41, 5.74) is 0. The van der Waals surface area contributed by atoms with E-state index in [2.05, 4.69) is 0 Å². The van der Waals surface area contributed by atoms with Crippen LogP contribution < -0.4 is 374 Å². The summed E-state index contributed by atoms with van der Waals surface area (Å²) < 4.78 is 91.0. The van der Waals surface area contributed by atoms with Crippen molar-refractivity contribution in [2.24, 2.45) is 0 Å². The topological polar surface area (TPSA) is 525 Å². The van der Waals surface area contributed by atoms with Gasteiger partial charge in [0.25, 0.3) is 0 Å². The SMILES string of the molecule is O=P([O-])([O-])CN(CCN(CCN(CCN(CP(=O)([O-])[O-])CP(=O)([O-])[O-])CP(=O)([O-])[O-])CP(=O)([O-])[O-])CCN(CCN(CP(=O)([O-])[O-])CP(=O)([O-])[O-])CP(=O)([O-])[O-].[H+].[H+].[H+].[H+].[H+].[H+].[Na+].[Na+].[Na+].[Na+].[Na+].[Na+].[Na+].[Na+].[Na+].[Na+]. The van der Waals surface area contributed by atoms with E-state index in [0.717, 1.165) is 9.80 Å². The van der Waals surface area contributed by atoms with E-state index in [4.69, 9.17) is 0 Å². The van der Waals surface area contributed by atoms with Gasteiger partial charge in [-0.25, -0.2) is 0 Å². The van der Waals surface area contributed by atoms with E-state index < -0.39 is 177 Å². The second-order valence-corrected chi connectivity index (χ2v) is 24.3. The zero-order valence-corrected chi connectivity index (χ0v) is 65.9. The van der Waals surface area contributed by atoms with Crippen LogP contribution in [0.4, 0.5) is 0 Å². The van der Waals surface area contributed by atoms with Crippen LogP contribution in [0.5, 0.6) is 0 Å². The van der Waals surface area contributed by atoms with Gasteiger partial charge in [0.1, 0.15) is 0 Å². The molecule has 0 aromatic rings. The van der Waals surface area contributed by atoms with E-state index >= 15 is 0 Å². The molecule has 0 N–H and O–H groups in total. The maximum absolute atomic E-state index is 11.6. The molecule has 0 atom stereocenters. The molecule has 0 bridgehead atoms. The monoisotopic (exact) mass is 1200 g/mol. The maximum atomic E-state index is 11.6. The van der Waals surface area contributed by atoms with Crippen molar-refractivity contribution in [3.8, 4) is 0 Å². The van der Waals surface area contributed by atoms with Crippen molar-refractivity contribution < 1.29 is 419 Å². The smallest absolute Gasteiger partial charge is 0.810 e. The van der Waals surface area contributed by atoms with E-state index in [1.54, 1.807) is 0 Å². The molecule has 0 aromatic carbocycles. The van der Waals surface area contributed by atoms with Crippen LogP contribution in [0, 0.1) is 0 Å². The van der Waals surface area contributed by atoms with E-state index in [1.165, 1.54) is 0 Å². The van der Waals surface area contributed by atoms with Crippen molar-refractivity contribution >= 4 is 60.8 Å². The summed E-state index contributed by atoms with van der Waals surface area (Å²) in [7, 11) is -44.1. The summed E-state index contributed by atoms with van der Waals surface area (Å²) in [4.78, 5) is 185. The molecule has 48 heteroatoms. The van der Waals surface area contributed by atoms with Crippen LogP contribution in [0.3, 0.4) is 0 Å². The van der Waals surface area contributed by atoms with Crippen molar-refractivity contribution in [2.45, 2.75) is 0 Å². The fourth-order valence-corrected chi connectivity index (χ4v) is 11.1. The van der Waals surface area contributed by atoms with Gasteiger partial charge in [-0.3, -0.25) is 29.4 Å². The Balaban J connectivity index is -0.000000126. The summed E-state index contributed by atoms with van der Waals surface area (Å²) in [5, 5.41) is 0. The van der Waals surface area contributed by atoms with E-state index in [1.807, 2.05) is 0 Å². The molecule has 0 spiro atoms. The van der Waals surface area contributed by atoms with Gasteiger partial charge in [-0.15, -0.1) is 0 Å². The molecule has 0 aliphatic heterocycles. The third-order valence-electron chi connectivity index (χ3n) is 6.65. The van der Waals surface area contributed by atoms with E-state index in [9.17, 15) is 115 Å². The second-order valence-electron chi connectivity index (χ2n) is 12.3. The van der Waals surface area contributed by atoms with E-state index in [0.29, 0.717) is 19.6 Å². The van der Waals surface area contributed by atoms with Crippen LogP contribution in [0.2, 0.25) is 0 Å². The normalized spacial score (nSPS) is 12.5. The Morgan fingerprint density at radius 3 is 0.364 bits per heavy atom. The molecule has 0 saturated carbocycles. The van der Waals surface area contributed by atoms with Crippen molar-refractivity contribution in [2.75, 3.05) is 116 Å². The Bertz CT molecular complexity index is 1500. The molecule has 0 rings (SSSR count). The van der Waals surface area contributed by atoms with Gasteiger partial charge in [0, 0.05) is 116 Å². The van der Waals surface area contributed by atoms with Gasteiger partial charge >= 0.3 is 304 Å². The van der Waals surface area contributed by atoms with Gasteiger partial charge in [0.05, 0.1) is 0 Å². The first-order valence-corrected chi connectivity index (χ1v) is 28.9. The quantitative estimate of drug-likeness (QED) is 0.0459. The van der Waals surface area contributed by atoms with Crippen molar-refractivity contribution in [1.82, 2.24) is 29.4 Å². The van der Waals surface area contributed by atoms with Crippen LogP contribution in [0.1, 0.15) is 8.56 Å². The van der Waals surface area contributed by atoms with Crippen molar-refractivity contribution in [1.29, 1.82) is 0 Å². The molecule has 30 nitrogen and oxygen atoms in total. The Hall–Kier alpha value is 11.0. The number of rotatable bonds is 31. The molecular weight excluding hydrogens is 1160 g/mol. The van der Waals surface area contributed by atoms with Gasteiger partial charge in [0.2, 0.25) is 0 Å². The van der Waals surface area contributed by atoms with Crippen LogP contribution >= 0.6 is 60.8 Å². The molecule has 0 aromatic heterocycles. The summed E-state index contributed by atoms with van der Waals surface area (Å²) in [6.45, 7) is -7.35. The van der Waals surface area contributed by atoms with Crippen LogP contribution in [0.25, 0.3) is 0 Å². The fraction of sp³-hybridized carbons (Fsp3) is 1.00. The van der Waals surface area contributed by atoms with Crippen LogP contribution in [-0.4, -0.2) is 145 Å². The molecule has 0 radical (unpaired) electrons. The molecule has 0 amide bonds. The Morgan fingerprint density at radius 2 is 0.273 bits per heavy atom. The predicted molar refractivity (Wildman–Crippen MR) is 166 cm³/mol. The molecule has 66 heavy (non-hydrogen) atoms. The predicted octanol–water partition coefficient (Wildman–Crippen LogP) is -43.5. The summed E-state index contributed by atoms with van der Waals surface area (Å²) in [5.74, 6) is 0. The summed E-state index contributed by atoms with van der Waals surface area (Å²) in [6.07, 6.45) is -11.6. The first-order chi connectivity index (χ1) is 24.7. The Labute approximate surface area is 613 Å². The van der Waals surface area contributed by atoms with E-state index in [-0.39, 0.29) is 304 Å². The third-order valence-corrected chi connectivity index (χ3v) is 12.6. The maximum Gasteiger partial charge on any atom is 1.00 e. The molecule has 0 aliphatic rings. The molecule has 0 aliphatic carbocycles. The fourth-order valence-electron chi connectivity index (χ4n) is 4.76. The van der Waals surface area contributed by atoms with Gasteiger partial charge < -0.3 is 115 Å². The molecule has 0 saturated heterocycles. The van der Waals surface area contributed by atoms with Gasteiger partial charge in [-0.1, -0.05) is 60.8 Å².